The van der Waals surface area contributed by atoms with E-state index < -0.39 is 0 Å². The van der Waals surface area contributed by atoms with Crippen molar-refractivity contribution in [3.05, 3.63) is 0 Å². The van der Waals surface area contributed by atoms with Gasteiger partial charge in [0.25, 0.3) is 0 Å². The summed E-state index contributed by atoms with van der Waals surface area (Å²) >= 11 is 0. The Morgan fingerprint density at radius 2 is 2.27 bits per heavy atom. The van der Waals surface area contributed by atoms with E-state index in [0.717, 1.165) is 18.9 Å². The number of hydrogen-bond donors (Lipinski definition) is 3. The molecule has 84 valence electrons. The van der Waals surface area contributed by atoms with Crippen LogP contribution in [0.4, 0.5) is 4.79 Å². The summed E-state index contributed by atoms with van der Waals surface area (Å²) in [6.07, 6.45) is 1.14. The highest BCUT2D eigenvalue weighted by Crippen LogP contribution is 2.13. The van der Waals surface area contributed by atoms with Crippen molar-refractivity contribution in [2.45, 2.75) is 25.7 Å². The van der Waals surface area contributed by atoms with Gasteiger partial charge in [0, 0.05) is 0 Å². The van der Waals surface area contributed by atoms with E-state index in [4.69, 9.17) is 0 Å². The zero-order chi connectivity index (χ0) is 11.0. The number of guanidine groups is 1. The number of likely N-dealkylation sites (N-methyl/N-ethyl adjacent to an activating group) is 2. The minimum atomic E-state index is -0.0989. The second-order valence-electron chi connectivity index (χ2n) is 3.98. The molecule has 0 aromatic heterocycles. The maximum absolute atomic E-state index is 11.2. The molecule has 6 heteroatoms. The first-order valence-corrected chi connectivity index (χ1v) is 5.28. The van der Waals surface area contributed by atoms with Crippen LogP contribution in [-0.2, 0) is 0 Å². The van der Waals surface area contributed by atoms with Crippen LogP contribution in [0.5, 0.6) is 0 Å². The summed E-state index contributed by atoms with van der Waals surface area (Å²) in [5.41, 5.74) is 0. The molecule has 3 N–H and O–H groups in total. The fourth-order valence-corrected chi connectivity index (χ4v) is 2.08. The Hall–Kier alpha value is -1.46. The molecule has 15 heavy (non-hydrogen) atoms. The third-order valence-electron chi connectivity index (χ3n) is 2.89. The average molecular weight is 212 g/mol. The van der Waals surface area contributed by atoms with Gasteiger partial charge in [-0.3, -0.25) is 5.32 Å². The molecule has 0 aromatic rings. The molecule has 2 aliphatic heterocycles. The van der Waals surface area contributed by atoms with Crippen molar-refractivity contribution in [3.63, 3.8) is 0 Å². The molecule has 2 unspecified atom stereocenters. The molecule has 2 heterocycles. The van der Waals surface area contributed by atoms with Gasteiger partial charge in [-0.15, -0.1) is 0 Å². The van der Waals surface area contributed by atoms with Gasteiger partial charge in [-0.2, -0.15) is 0 Å². The van der Waals surface area contributed by atoms with Gasteiger partial charge in [0.15, 0.2) is 0 Å². The molecule has 0 saturated carbocycles. The minimum absolute atomic E-state index is 0.0295. The van der Waals surface area contributed by atoms with E-state index in [0.29, 0.717) is 0 Å². The molecular formula is C9H18N5O+. The van der Waals surface area contributed by atoms with Crippen molar-refractivity contribution in [1.29, 1.82) is 0 Å². The van der Waals surface area contributed by atoms with Gasteiger partial charge in [0.05, 0.1) is 20.6 Å². The Morgan fingerprint density at radius 1 is 1.53 bits per heavy atom. The molecule has 1 fully saturated rings. The van der Waals surface area contributed by atoms with Crippen LogP contribution in [0.15, 0.2) is 0 Å². The molecule has 1 saturated heterocycles. The van der Waals surface area contributed by atoms with Crippen molar-refractivity contribution >= 4 is 12.0 Å². The van der Waals surface area contributed by atoms with Crippen LogP contribution in [0.1, 0.15) is 13.3 Å². The number of rotatable bonds is 2. The third kappa shape index (κ3) is 1.49. The second kappa shape index (κ2) is 3.60. The van der Waals surface area contributed by atoms with E-state index in [-0.39, 0.29) is 18.4 Å². The Bertz CT molecular complexity index is 314. The highest BCUT2D eigenvalue weighted by atomic mass is 16.2. The second-order valence-corrected chi connectivity index (χ2v) is 3.98. The minimum Gasteiger partial charge on any atom is -0.301 e. The molecule has 2 amide bonds. The topological polar surface area (TPSA) is 59.4 Å². The fourth-order valence-electron chi connectivity index (χ4n) is 2.08. The lowest BCUT2D eigenvalue weighted by Crippen LogP contribution is -2.47. The lowest BCUT2D eigenvalue weighted by Gasteiger charge is -2.14. The molecule has 2 rings (SSSR count). The Morgan fingerprint density at radius 3 is 2.87 bits per heavy atom. The van der Waals surface area contributed by atoms with E-state index in [9.17, 15) is 4.79 Å². The number of carbonyl (C=O) groups excluding carboxylic acids is 1. The van der Waals surface area contributed by atoms with Gasteiger partial charge >= 0.3 is 12.0 Å². The van der Waals surface area contributed by atoms with Crippen molar-refractivity contribution in [2.75, 3.05) is 20.6 Å². The zero-order valence-corrected chi connectivity index (χ0v) is 9.37. The molecule has 0 radical (unpaired) electrons. The number of nitrogens with zero attached hydrogens (tertiary/aromatic N) is 2. The first-order chi connectivity index (χ1) is 7.15. The number of hydrogen-bond acceptors (Lipinski definition) is 3. The fraction of sp³-hybridized carbons (Fsp3) is 0.778. The Balaban J connectivity index is 2.14. The van der Waals surface area contributed by atoms with E-state index in [1.807, 2.05) is 14.1 Å². The van der Waals surface area contributed by atoms with Crippen molar-refractivity contribution in [3.8, 4) is 0 Å². The normalized spacial score (nSPS) is 29.0. The summed E-state index contributed by atoms with van der Waals surface area (Å²) in [6, 6.07) is -0.0989. The maximum atomic E-state index is 11.2. The number of fused-ring (bicyclic) bond motifs is 1. The number of nitrogens with one attached hydrogen (secondary N) is 3. The quantitative estimate of drug-likeness (QED) is 0.509. The molecule has 0 aromatic carbocycles. The molecule has 2 atom stereocenters. The van der Waals surface area contributed by atoms with E-state index in [1.165, 1.54) is 0 Å². The maximum Gasteiger partial charge on any atom is 0.351 e. The molecule has 6 nitrogen and oxygen atoms in total. The van der Waals surface area contributed by atoms with Crippen LogP contribution in [-0.4, -0.2) is 54.4 Å². The predicted octanol–water partition coefficient (Wildman–Crippen LogP) is -1.11. The highest BCUT2D eigenvalue weighted by Gasteiger charge is 2.48. The lowest BCUT2D eigenvalue weighted by atomic mass is 10.4. The summed E-state index contributed by atoms with van der Waals surface area (Å²) in [6.45, 7) is 3.07. The SMILES string of the molecule is CCCNC1=[N+](C)C2NC(=O)NC2N1C. The summed E-state index contributed by atoms with van der Waals surface area (Å²) in [5.74, 6) is 1.05. The summed E-state index contributed by atoms with van der Waals surface area (Å²) in [4.78, 5) is 13.2. The monoisotopic (exact) mass is 212 g/mol. The smallest absolute Gasteiger partial charge is 0.301 e. The van der Waals surface area contributed by atoms with Crippen molar-refractivity contribution in [1.82, 2.24) is 20.9 Å². The number of urea groups is 1. The molecule has 0 spiro atoms. The van der Waals surface area contributed by atoms with Gasteiger partial charge in [-0.25, -0.2) is 14.3 Å². The van der Waals surface area contributed by atoms with Crippen LogP contribution in [0.3, 0.4) is 0 Å². The summed E-state index contributed by atoms with van der Waals surface area (Å²) < 4.78 is 2.05. The Kier molecular flexibility index (Phi) is 2.42. The van der Waals surface area contributed by atoms with Gasteiger partial charge in [0.2, 0.25) is 12.3 Å². The average Bonchev–Trinajstić information content (AvgIpc) is 2.67. The molecule has 0 aliphatic carbocycles. The molecule has 0 bridgehead atoms. The predicted molar refractivity (Wildman–Crippen MR) is 56.5 cm³/mol. The van der Waals surface area contributed by atoms with Gasteiger partial charge in [-0.1, -0.05) is 6.92 Å². The lowest BCUT2D eigenvalue weighted by molar-refractivity contribution is -0.535. The largest absolute Gasteiger partial charge is 0.351 e. The highest BCUT2D eigenvalue weighted by molar-refractivity contribution is 5.82. The van der Waals surface area contributed by atoms with Gasteiger partial charge in [-0.05, 0) is 6.42 Å². The third-order valence-corrected chi connectivity index (χ3v) is 2.89. The first kappa shape index (κ1) is 10.1. The number of amides is 2. The van der Waals surface area contributed by atoms with Crippen molar-refractivity contribution < 1.29 is 9.37 Å². The zero-order valence-electron chi connectivity index (χ0n) is 9.37. The standard InChI is InChI=1S/C9H17N5O/c1-4-5-10-9-13(2)6-7(14(9)3)12-8(15)11-6/h6-7H,4-5H2,1-3H3,(H2,11,12,15)/p+1. The van der Waals surface area contributed by atoms with Crippen molar-refractivity contribution in [2.24, 2.45) is 0 Å². The van der Waals surface area contributed by atoms with Crippen LogP contribution < -0.4 is 16.0 Å². The van der Waals surface area contributed by atoms with Crippen LogP contribution in [0.25, 0.3) is 0 Å². The molecular weight excluding hydrogens is 194 g/mol. The van der Waals surface area contributed by atoms with E-state index in [1.54, 1.807) is 0 Å². The summed E-state index contributed by atoms with van der Waals surface area (Å²) in [7, 11) is 3.96. The first-order valence-electron chi connectivity index (χ1n) is 5.28. The van der Waals surface area contributed by atoms with Crippen LogP contribution in [0, 0.1) is 0 Å². The molecule has 2 aliphatic rings. The van der Waals surface area contributed by atoms with Gasteiger partial charge in [0.1, 0.15) is 0 Å². The van der Waals surface area contributed by atoms with E-state index in [2.05, 4.69) is 32.3 Å². The summed E-state index contributed by atoms with van der Waals surface area (Å²) in [5, 5.41) is 9.10. The Labute approximate surface area is 89.3 Å². The van der Waals surface area contributed by atoms with Gasteiger partial charge < -0.3 is 10.6 Å². The van der Waals surface area contributed by atoms with E-state index >= 15 is 0 Å². The van der Waals surface area contributed by atoms with Crippen LogP contribution >= 0.6 is 0 Å². The number of carbonyl (C=O) groups is 1. The van der Waals surface area contributed by atoms with Crippen LogP contribution in [0.2, 0.25) is 0 Å².